The van der Waals surface area contributed by atoms with E-state index in [0.717, 1.165) is 0 Å². The van der Waals surface area contributed by atoms with E-state index in [1.54, 1.807) is 26.8 Å². The molecule has 0 aromatic rings. The van der Waals surface area contributed by atoms with Gasteiger partial charge in [-0.05, 0) is 20.8 Å². The number of ether oxygens (including phenoxy) is 5. The summed E-state index contributed by atoms with van der Waals surface area (Å²) < 4.78 is 27.2. The Hall–Kier alpha value is -0.950. The third-order valence-corrected chi connectivity index (χ3v) is 3.52. The highest BCUT2D eigenvalue weighted by Crippen LogP contribution is 2.29. The summed E-state index contributed by atoms with van der Waals surface area (Å²) in [6.45, 7) is 7.66. The van der Waals surface area contributed by atoms with E-state index in [4.69, 9.17) is 23.7 Å². The Morgan fingerprint density at radius 1 is 1.25 bits per heavy atom. The van der Waals surface area contributed by atoms with Gasteiger partial charge in [-0.15, -0.1) is 0 Å². The highest BCUT2D eigenvalue weighted by Gasteiger charge is 2.41. The molecule has 2 rings (SSSR count). The Kier molecular flexibility index (Phi) is 5.15. The van der Waals surface area contributed by atoms with Crippen LogP contribution in [0.1, 0.15) is 20.8 Å². The summed E-state index contributed by atoms with van der Waals surface area (Å²) in [6.07, 6.45) is 0.708. The van der Waals surface area contributed by atoms with Gasteiger partial charge in [0.15, 0.2) is 12.4 Å². The first-order valence-electron chi connectivity index (χ1n) is 6.79. The van der Waals surface area contributed by atoms with Gasteiger partial charge in [0.05, 0.1) is 31.8 Å². The minimum atomic E-state index is -0.545. The second-order valence-corrected chi connectivity index (χ2v) is 5.39. The van der Waals surface area contributed by atoms with E-state index < -0.39 is 12.4 Å². The van der Waals surface area contributed by atoms with Crippen LogP contribution in [0.15, 0.2) is 11.6 Å². The highest BCUT2D eigenvalue weighted by atomic mass is 16.7. The van der Waals surface area contributed by atoms with Crippen LogP contribution in [0.5, 0.6) is 0 Å². The molecular weight excluding hydrogens is 264 g/mol. The lowest BCUT2D eigenvalue weighted by atomic mass is 9.91. The summed E-state index contributed by atoms with van der Waals surface area (Å²) in [4.78, 5) is 11.7. The minimum absolute atomic E-state index is 0.238. The van der Waals surface area contributed by atoms with E-state index in [1.165, 1.54) is 0 Å². The molecule has 0 saturated carbocycles. The van der Waals surface area contributed by atoms with Crippen LogP contribution in [-0.2, 0) is 28.5 Å². The van der Waals surface area contributed by atoms with Gasteiger partial charge >= 0.3 is 5.97 Å². The van der Waals surface area contributed by atoms with Crippen molar-refractivity contribution in [2.45, 2.75) is 33.2 Å². The third-order valence-electron chi connectivity index (χ3n) is 3.52. The van der Waals surface area contributed by atoms with Gasteiger partial charge in [-0.25, -0.2) is 4.79 Å². The molecule has 2 heterocycles. The molecule has 1 unspecified atom stereocenters. The molecule has 0 amide bonds. The Balaban J connectivity index is 1.82. The molecule has 114 valence electrons. The van der Waals surface area contributed by atoms with Gasteiger partial charge in [-0.3, -0.25) is 0 Å². The SMILES string of the molecule is C/C=C(\C)C(=O)OC(C)C1OCC2(COCOC2)CO1. The standard InChI is InChI=1S/C14H22O6/c1-4-10(2)12(15)20-11(3)13-18-7-14(8-19-13)5-16-9-17-6-14/h4,11,13H,5-9H2,1-3H3/b10-4+. The van der Waals surface area contributed by atoms with Crippen molar-refractivity contribution in [3.63, 3.8) is 0 Å². The maximum absolute atomic E-state index is 11.7. The van der Waals surface area contributed by atoms with Gasteiger partial charge in [-0.2, -0.15) is 0 Å². The molecule has 6 nitrogen and oxygen atoms in total. The number of hydrogen-bond acceptors (Lipinski definition) is 6. The van der Waals surface area contributed by atoms with Crippen molar-refractivity contribution < 1.29 is 28.5 Å². The summed E-state index contributed by atoms with van der Waals surface area (Å²) in [7, 11) is 0. The lowest BCUT2D eigenvalue weighted by molar-refractivity contribution is -0.298. The average molecular weight is 286 g/mol. The van der Waals surface area contributed by atoms with E-state index in [0.29, 0.717) is 38.8 Å². The largest absolute Gasteiger partial charge is 0.454 e. The number of rotatable bonds is 3. The molecule has 1 spiro atoms. The van der Waals surface area contributed by atoms with Crippen LogP contribution in [0.3, 0.4) is 0 Å². The summed E-state index contributed by atoms with van der Waals surface area (Å²) in [5, 5.41) is 0. The van der Waals surface area contributed by atoms with Gasteiger partial charge in [0.25, 0.3) is 0 Å². The van der Waals surface area contributed by atoms with Crippen LogP contribution >= 0.6 is 0 Å². The lowest BCUT2D eigenvalue weighted by Gasteiger charge is -2.42. The summed E-state index contributed by atoms with van der Waals surface area (Å²) in [5.41, 5.74) is 0.329. The zero-order valence-electron chi connectivity index (χ0n) is 12.2. The molecule has 0 radical (unpaired) electrons. The van der Waals surface area contributed by atoms with Gasteiger partial charge < -0.3 is 23.7 Å². The molecule has 20 heavy (non-hydrogen) atoms. The van der Waals surface area contributed by atoms with Crippen LogP contribution < -0.4 is 0 Å². The number of allylic oxidation sites excluding steroid dienone is 1. The molecule has 0 N–H and O–H groups in total. The Bertz CT molecular complexity index is 362. The molecule has 0 aromatic carbocycles. The summed E-state index contributed by atoms with van der Waals surface area (Å²) in [6, 6.07) is 0. The molecule has 0 bridgehead atoms. The summed E-state index contributed by atoms with van der Waals surface area (Å²) >= 11 is 0. The second-order valence-electron chi connectivity index (χ2n) is 5.39. The van der Waals surface area contributed by atoms with Crippen molar-refractivity contribution in [1.82, 2.24) is 0 Å². The predicted molar refractivity (Wildman–Crippen MR) is 69.9 cm³/mol. The monoisotopic (exact) mass is 286 g/mol. The van der Waals surface area contributed by atoms with E-state index in [-0.39, 0.29) is 11.4 Å². The Morgan fingerprint density at radius 2 is 1.85 bits per heavy atom. The fourth-order valence-corrected chi connectivity index (χ4v) is 2.10. The molecule has 6 heteroatoms. The first kappa shape index (κ1) is 15.4. The fraction of sp³-hybridized carbons (Fsp3) is 0.786. The predicted octanol–water partition coefficient (Wildman–Crippen LogP) is 1.25. The minimum Gasteiger partial charge on any atom is -0.454 e. The van der Waals surface area contributed by atoms with Crippen molar-refractivity contribution >= 4 is 5.97 Å². The van der Waals surface area contributed by atoms with Gasteiger partial charge in [0, 0.05) is 5.57 Å². The van der Waals surface area contributed by atoms with Crippen molar-refractivity contribution in [2.75, 3.05) is 33.2 Å². The Labute approximate surface area is 119 Å². The molecule has 2 fully saturated rings. The van der Waals surface area contributed by atoms with Crippen LogP contribution in [0.25, 0.3) is 0 Å². The second kappa shape index (κ2) is 6.67. The summed E-state index contributed by atoms with van der Waals surface area (Å²) in [5.74, 6) is -0.350. The third kappa shape index (κ3) is 3.58. The first-order chi connectivity index (χ1) is 9.56. The van der Waals surface area contributed by atoms with E-state index in [1.807, 2.05) is 0 Å². The van der Waals surface area contributed by atoms with Gasteiger partial charge in [0.1, 0.15) is 6.79 Å². The number of esters is 1. The maximum atomic E-state index is 11.7. The normalized spacial score (nSPS) is 25.4. The van der Waals surface area contributed by atoms with Crippen LogP contribution in [0, 0.1) is 5.41 Å². The zero-order valence-corrected chi connectivity index (χ0v) is 12.2. The zero-order chi connectivity index (χ0) is 14.6. The molecule has 1 atom stereocenters. The Morgan fingerprint density at radius 3 is 2.40 bits per heavy atom. The van der Waals surface area contributed by atoms with E-state index in [2.05, 4.69) is 0 Å². The van der Waals surface area contributed by atoms with Crippen molar-refractivity contribution in [3.05, 3.63) is 11.6 Å². The first-order valence-corrected chi connectivity index (χ1v) is 6.79. The molecule has 0 aliphatic carbocycles. The fourth-order valence-electron chi connectivity index (χ4n) is 2.10. The molecule has 0 aromatic heterocycles. The number of carbonyl (C=O) groups excluding carboxylic acids is 1. The molecule has 2 aliphatic heterocycles. The van der Waals surface area contributed by atoms with E-state index in [9.17, 15) is 4.79 Å². The highest BCUT2D eigenvalue weighted by molar-refractivity contribution is 5.87. The van der Waals surface area contributed by atoms with Gasteiger partial charge in [0.2, 0.25) is 0 Å². The molecular formula is C14H22O6. The van der Waals surface area contributed by atoms with Crippen LogP contribution in [0.2, 0.25) is 0 Å². The molecule has 2 aliphatic rings. The number of hydrogen-bond donors (Lipinski definition) is 0. The smallest absolute Gasteiger partial charge is 0.333 e. The van der Waals surface area contributed by atoms with Crippen LogP contribution in [0.4, 0.5) is 0 Å². The maximum Gasteiger partial charge on any atom is 0.333 e. The average Bonchev–Trinajstić information content (AvgIpc) is 2.47. The number of carbonyl (C=O) groups is 1. The topological polar surface area (TPSA) is 63.2 Å². The van der Waals surface area contributed by atoms with Gasteiger partial charge in [-0.1, -0.05) is 6.08 Å². The van der Waals surface area contributed by atoms with Crippen LogP contribution in [-0.4, -0.2) is 51.6 Å². The molecule has 2 saturated heterocycles. The lowest BCUT2D eigenvalue weighted by Crippen LogP contribution is -2.52. The van der Waals surface area contributed by atoms with E-state index >= 15 is 0 Å². The quantitative estimate of drug-likeness (QED) is 0.575. The van der Waals surface area contributed by atoms with Crippen molar-refractivity contribution in [3.8, 4) is 0 Å². The van der Waals surface area contributed by atoms with Crippen molar-refractivity contribution in [1.29, 1.82) is 0 Å². The van der Waals surface area contributed by atoms with Crippen molar-refractivity contribution in [2.24, 2.45) is 5.41 Å².